The maximum Gasteiger partial charge on any atom is 0.0553 e. The summed E-state index contributed by atoms with van der Waals surface area (Å²) in [7, 11) is 0. The molecule has 0 radical (unpaired) electrons. The van der Waals surface area contributed by atoms with Gasteiger partial charge in [0, 0.05) is 48.1 Å². The van der Waals surface area contributed by atoms with Crippen molar-refractivity contribution in [3.05, 3.63) is 170 Å². The largest absolute Gasteiger partial charge is 0.309 e. The Morgan fingerprint density at radius 2 is 0.939 bits per heavy atom. The van der Waals surface area contributed by atoms with Gasteiger partial charge in [0.05, 0.1) is 22.1 Å². The van der Waals surface area contributed by atoms with Gasteiger partial charge in [-0.25, -0.2) is 0 Å². The number of hydrogen-bond acceptors (Lipinski definition) is 1. The molecule has 0 bridgehead atoms. The van der Waals surface area contributed by atoms with Crippen LogP contribution in [0.25, 0.3) is 88.0 Å². The molecule has 0 unspecified atom stereocenters. The zero-order valence-corrected chi connectivity index (χ0v) is 27.3. The predicted octanol–water partition coefficient (Wildman–Crippen LogP) is 12.8. The molecule has 0 saturated carbocycles. The van der Waals surface area contributed by atoms with Crippen LogP contribution in [0.4, 0.5) is 0 Å². The Kier molecular flexibility index (Phi) is 5.63. The lowest BCUT2D eigenvalue weighted by atomic mass is 9.93. The molecule has 0 saturated heterocycles. The summed E-state index contributed by atoms with van der Waals surface area (Å²) in [5.41, 5.74) is 12.3. The third-order valence-corrected chi connectivity index (χ3v) is 11.4. The molecular weight excluding hydrogens is 613 g/mol. The summed E-state index contributed by atoms with van der Waals surface area (Å²) in [6.45, 7) is 0. The van der Waals surface area contributed by atoms with Gasteiger partial charge in [-0.3, -0.25) is 0 Å². The summed E-state index contributed by atoms with van der Waals surface area (Å²) in [4.78, 5) is 2.64. The van der Waals surface area contributed by atoms with E-state index in [4.69, 9.17) is 0 Å². The van der Waals surface area contributed by atoms with Crippen LogP contribution >= 0.6 is 11.8 Å². The molecule has 49 heavy (non-hydrogen) atoms. The Morgan fingerprint density at radius 3 is 1.78 bits per heavy atom. The molecule has 8 aromatic carbocycles. The standard InChI is InChI=1S/C46H28N2S/c1-3-12-31(13-4-1)47-39-19-9-7-16-33(39)34-24-22-30(27-41(34)47)29-23-25-40-38(26-29)45-36-18-11-21-44-46(36)37(35-17-8-10-20-43(35)49-44)28-42(45)48(40)32-14-5-2-6-15-32/h1-28H. The lowest BCUT2D eigenvalue weighted by molar-refractivity contribution is 1.18. The van der Waals surface area contributed by atoms with Crippen molar-refractivity contribution in [3.63, 3.8) is 0 Å². The minimum absolute atomic E-state index is 1.17. The molecule has 228 valence electrons. The fourth-order valence-electron chi connectivity index (χ4n) is 8.19. The number of aromatic nitrogens is 2. The molecule has 3 heteroatoms. The topological polar surface area (TPSA) is 9.86 Å². The second kappa shape index (κ2) is 10.2. The highest BCUT2D eigenvalue weighted by Gasteiger charge is 2.24. The highest BCUT2D eigenvalue weighted by atomic mass is 32.2. The van der Waals surface area contributed by atoms with Crippen molar-refractivity contribution < 1.29 is 0 Å². The van der Waals surface area contributed by atoms with Crippen LogP contribution in [0.5, 0.6) is 0 Å². The number of benzene rings is 8. The van der Waals surface area contributed by atoms with Gasteiger partial charge in [-0.05, 0) is 94.4 Å². The predicted molar refractivity (Wildman–Crippen MR) is 208 cm³/mol. The van der Waals surface area contributed by atoms with Gasteiger partial charge in [-0.1, -0.05) is 115 Å². The summed E-state index contributed by atoms with van der Waals surface area (Å²) >= 11 is 1.89. The lowest BCUT2D eigenvalue weighted by Gasteiger charge is -2.21. The molecular formula is C46H28N2S. The fourth-order valence-corrected chi connectivity index (χ4v) is 9.33. The number of para-hydroxylation sites is 3. The van der Waals surface area contributed by atoms with E-state index in [1.54, 1.807) is 0 Å². The number of hydrogen-bond donors (Lipinski definition) is 0. The van der Waals surface area contributed by atoms with E-state index < -0.39 is 0 Å². The molecule has 11 rings (SSSR count). The quantitative estimate of drug-likeness (QED) is 0.187. The van der Waals surface area contributed by atoms with E-state index in [9.17, 15) is 0 Å². The van der Waals surface area contributed by atoms with Gasteiger partial charge in [0.15, 0.2) is 0 Å². The fraction of sp³-hybridized carbons (Fsp3) is 0. The molecule has 0 fully saturated rings. The summed E-state index contributed by atoms with van der Waals surface area (Å²) in [6.07, 6.45) is 0. The molecule has 0 N–H and O–H groups in total. The van der Waals surface area contributed by atoms with Crippen LogP contribution in [0.15, 0.2) is 180 Å². The number of nitrogens with zero attached hydrogens (tertiary/aromatic N) is 2. The highest BCUT2D eigenvalue weighted by Crippen LogP contribution is 2.51. The Labute approximate surface area is 287 Å². The minimum Gasteiger partial charge on any atom is -0.309 e. The zero-order chi connectivity index (χ0) is 32.1. The van der Waals surface area contributed by atoms with E-state index in [1.165, 1.54) is 97.8 Å². The van der Waals surface area contributed by atoms with E-state index >= 15 is 0 Å². The van der Waals surface area contributed by atoms with Crippen LogP contribution in [0.2, 0.25) is 0 Å². The third kappa shape index (κ3) is 3.85. The van der Waals surface area contributed by atoms with Crippen LogP contribution in [0.3, 0.4) is 0 Å². The zero-order valence-electron chi connectivity index (χ0n) is 26.5. The normalized spacial score (nSPS) is 12.4. The van der Waals surface area contributed by atoms with Gasteiger partial charge in [0.25, 0.3) is 0 Å². The van der Waals surface area contributed by atoms with E-state index in [-0.39, 0.29) is 0 Å². The Morgan fingerprint density at radius 1 is 0.327 bits per heavy atom. The van der Waals surface area contributed by atoms with Gasteiger partial charge in [0.2, 0.25) is 0 Å². The smallest absolute Gasteiger partial charge is 0.0553 e. The van der Waals surface area contributed by atoms with Gasteiger partial charge >= 0.3 is 0 Å². The molecule has 3 heterocycles. The Bertz CT molecular complexity index is 2950. The monoisotopic (exact) mass is 640 g/mol. The molecule has 1 aliphatic heterocycles. The van der Waals surface area contributed by atoms with Crippen molar-refractivity contribution in [1.82, 2.24) is 9.13 Å². The van der Waals surface area contributed by atoms with Gasteiger partial charge in [-0.15, -0.1) is 0 Å². The first-order chi connectivity index (χ1) is 24.3. The van der Waals surface area contributed by atoms with Crippen LogP contribution in [-0.2, 0) is 0 Å². The molecule has 2 aromatic heterocycles. The molecule has 0 spiro atoms. The summed E-state index contributed by atoms with van der Waals surface area (Å²) in [5, 5.41) is 7.78. The highest BCUT2D eigenvalue weighted by molar-refractivity contribution is 7.99. The van der Waals surface area contributed by atoms with Crippen LogP contribution in [0.1, 0.15) is 0 Å². The molecule has 2 nitrogen and oxygen atoms in total. The van der Waals surface area contributed by atoms with Gasteiger partial charge in [0.1, 0.15) is 0 Å². The molecule has 0 atom stereocenters. The van der Waals surface area contributed by atoms with Crippen molar-refractivity contribution in [2.24, 2.45) is 0 Å². The van der Waals surface area contributed by atoms with E-state index in [1.807, 2.05) is 11.8 Å². The van der Waals surface area contributed by atoms with Crippen LogP contribution < -0.4 is 0 Å². The second-order valence-electron chi connectivity index (χ2n) is 12.9. The van der Waals surface area contributed by atoms with Crippen molar-refractivity contribution in [3.8, 4) is 33.6 Å². The first kappa shape index (κ1) is 27.0. The van der Waals surface area contributed by atoms with E-state index in [0.717, 1.165) is 0 Å². The Balaban J connectivity index is 1.22. The van der Waals surface area contributed by atoms with Crippen molar-refractivity contribution >= 4 is 66.1 Å². The second-order valence-corrected chi connectivity index (χ2v) is 14.0. The van der Waals surface area contributed by atoms with Gasteiger partial charge in [-0.2, -0.15) is 0 Å². The average molecular weight is 641 g/mol. The van der Waals surface area contributed by atoms with E-state index in [2.05, 4.69) is 179 Å². The van der Waals surface area contributed by atoms with Gasteiger partial charge < -0.3 is 9.13 Å². The minimum atomic E-state index is 1.17. The number of fused-ring (bicyclic) bond motifs is 9. The SMILES string of the molecule is c1ccc(-n2c3ccccc3c3ccc(-c4ccc5c(c4)c4c6cccc7c6c(cc4n5-c4ccccc4)-c4ccccc4S7)cc32)cc1. The van der Waals surface area contributed by atoms with E-state index in [0.29, 0.717) is 0 Å². The van der Waals surface area contributed by atoms with Crippen molar-refractivity contribution in [2.45, 2.75) is 9.79 Å². The summed E-state index contributed by atoms with van der Waals surface area (Å²) < 4.78 is 4.86. The molecule has 10 aromatic rings. The summed E-state index contributed by atoms with van der Waals surface area (Å²) in [6, 6.07) is 62.4. The number of rotatable bonds is 3. The lowest BCUT2D eigenvalue weighted by Crippen LogP contribution is -1.96. The maximum atomic E-state index is 2.46. The van der Waals surface area contributed by atoms with Crippen LogP contribution in [-0.4, -0.2) is 9.13 Å². The first-order valence-corrected chi connectivity index (χ1v) is 17.6. The van der Waals surface area contributed by atoms with Crippen molar-refractivity contribution in [2.75, 3.05) is 0 Å². The molecule has 0 aliphatic carbocycles. The Hall–Kier alpha value is -6.03. The maximum absolute atomic E-state index is 2.46. The van der Waals surface area contributed by atoms with Crippen molar-refractivity contribution in [1.29, 1.82) is 0 Å². The molecule has 0 amide bonds. The third-order valence-electron chi connectivity index (χ3n) is 10.3. The van der Waals surface area contributed by atoms with Crippen LogP contribution in [0, 0.1) is 0 Å². The average Bonchev–Trinajstić information content (AvgIpc) is 3.68. The molecule has 1 aliphatic rings. The summed E-state index contributed by atoms with van der Waals surface area (Å²) in [5.74, 6) is 0. The first-order valence-electron chi connectivity index (χ1n) is 16.8.